The van der Waals surface area contributed by atoms with Crippen LogP contribution in [0, 0.1) is 0 Å². The topological polar surface area (TPSA) is 42.7 Å². The Morgan fingerprint density at radius 1 is 1.32 bits per heavy atom. The molecule has 2 heterocycles. The minimum absolute atomic E-state index is 0.411. The molecule has 4 heteroatoms. The van der Waals surface area contributed by atoms with E-state index in [0.29, 0.717) is 5.92 Å². The Balaban J connectivity index is 2.36. The largest absolute Gasteiger partial charge is 0.313 e. The lowest BCUT2D eigenvalue weighted by Gasteiger charge is -2.07. The van der Waals surface area contributed by atoms with Crippen LogP contribution < -0.4 is 5.32 Å². The maximum Gasteiger partial charge on any atom is 0.0728 e. The second kappa shape index (κ2) is 5.97. The second-order valence-electron chi connectivity index (χ2n) is 5.12. The van der Waals surface area contributed by atoms with Gasteiger partial charge in [-0.25, -0.2) is 0 Å². The van der Waals surface area contributed by atoms with Gasteiger partial charge < -0.3 is 5.32 Å². The van der Waals surface area contributed by atoms with E-state index in [9.17, 15) is 0 Å². The Kier molecular flexibility index (Phi) is 4.32. The van der Waals surface area contributed by atoms with Gasteiger partial charge in [-0.2, -0.15) is 5.10 Å². The molecule has 4 nitrogen and oxygen atoms in total. The highest BCUT2D eigenvalue weighted by molar-refractivity contribution is 5.65. The number of aromatic nitrogens is 3. The van der Waals surface area contributed by atoms with E-state index in [-0.39, 0.29) is 0 Å². The van der Waals surface area contributed by atoms with Gasteiger partial charge in [0.05, 0.1) is 5.69 Å². The van der Waals surface area contributed by atoms with Crippen LogP contribution >= 0.6 is 0 Å². The quantitative estimate of drug-likeness (QED) is 0.896. The molecule has 1 N–H and O–H groups in total. The van der Waals surface area contributed by atoms with E-state index in [1.165, 1.54) is 11.1 Å². The lowest BCUT2D eigenvalue weighted by atomic mass is 10.0. The van der Waals surface area contributed by atoms with Gasteiger partial charge in [0.1, 0.15) is 0 Å². The molecule has 0 aliphatic rings. The molecule has 0 atom stereocenters. The molecule has 0 saturated heterocycles. The van der Waals surface area contributed by atoms with Crippen molar-refractivity contribution in [2.45, 2.75) is 33.2 Å². The predicted octanol–water partition coefficient (Wildman–Crippen LogP) is 2.72. The van der Waals surface area contributed by atoms with Gasteiger partial charge in [0.15, 0.2) is 0 Å². The Hall–Kier alpha value is -1.68. The molecule has 0 unspecified atom stereocenters. The van der Waals surface area contributed by atoms with Crippen molar-refractivity contribution < 1.29 is 0 Å². The first-order chi connectivity index (χ1) is 9.11. The number of nitrogens with zero attached hydrogens (tertiary/aromatic N) is 3. The molecule has 102 valence electrons. The third kappa shape index (κ3) is 3.20. The van der Waals surface area contributed by atoms with Gasteiger partial charge in [-0.1, -0.05) is 20.8 Å². The molecule has 0 amide bonds. The summed E-state index contributed by atoms with van der Waals surface area (Å²) in [5.74, 6) is 0.411. The van der Waals surface area contributed by atoms with E-state index >= 15 is 0 Å². The summed E-state index contributed by atoms with van der Waals surface area (Å²) in [5.41, 5.74) is 4.67. The van der Waals surface area contributed by atoms with Crippen LogP contribution in [0.4, 0.5) is 0 Å². The summed E-state index contributed by atoms with van der Waals surface area (Å²) >= 11 is 0. The molecular weight excluding hydrogens is 236 g/mol. The smallest absolute Gasteiger partial charge is 0.0728 e. The molecule has 0 fully saturated rings. The summed E-state index contributed by atoms with van der Waals surface area (Å²) in [6.07, 6.45) is 5.90. The van der Waals surface area contributed by atoms with E-state index in [1.54, 1.807) is 0 Å². The lowest BCUT2D eigenvalue weighted by Crippen LogP contribution is -2.11. The van der Waals surface area contributed by atoms with Gasteiger partial charge in [0, 0.05) is 43.3 Å². The molecular formula is C15H22N4. The molecule has 2 aromatic heterocycles. The molecule has 0 aromatic carbocycles. The van der Waals surface area contributed by atoms with E-state index in [1.807, 2.05) is 24.1 Å². The van der Waals surface area contributed by atoms with E-state index in [4.69, 9.17) is 0 Å². The lowest BCUT2D eigenvalue weighted by molar-refractivity contribution is 0.713. The van der Waals surface area contributed by atoms with Gasteiger partial charge in [0.2, 0.25) is 0 Å². The summed E-state index contributed by atoms with van der Waals surface area (Å²) in [6, 6.07) is 2.19. The molecule has 0 spiro atoms. The van der Waals surface area contributed by atoms with Crippen LogP contribution in [0.3, 0.4) is 0 Å². The molecule has 0 saturated carbocycles. The van der Waals surface area contributed by atoms with Crippen LogP contribution in [0.25, 0.3) is 11.1 Å². The van der Waals surface area contributed by atoms with Crippen LogP contribution in [0.5, 0.6) is 0 Å². The van der Waals surface area contributed by atoms with E-state index in [2.05, 4.69) is 48.4 Å². The fourth-order valence-corrected chi connectivity index (χ4v) is 2.16. The zero-order valence-corrected chi connectivity index (χ0v) is 12.1. The second-order valence-corrected chi connectivity index (χ2v) is 5.12. The minimum atomic E-state index is 0.411. The summed E-state index contributed by atoms with van der Waals surface area (Å²) in [7, 11) is 1.96. The number of hydrogen-bond donors (Lipinski definition) is 1. The zero-order valence-electron chi connectivity index (χ0n) is 12.1. The normalized spacial score (nSPS) is 11.2. The predicted molar refractivity (Wildman–Crippen MR) is 77.9 cm³/mol. The number of rotatable bonds is 5. The fourth-order valence-electron chi connectivity index (χ4n) is 2.16. The maximum absolute atomic E-state index is 4.55. The SMILES string of the molecule is CCNCc1cncc(-c2cn(C)nc2C(C)C)c1. The number of pyridine rings is 1. The number of aryl methyl sites for hydroxylation is 1. The molecule has 0 aliphatic carbocycles. The zero-order chi connectivity index (χ0) is 13.8. The first-order valence-electron chi connectivity index (χ1n) is 6.80. The Labute approximate surface area is 114 Å². The van der Waals surface area contributed by atoms with Gasteiger partial charge in [-0.3, -0.25) is 9.67 Å². The van der Waals surface area contributed by atoms with E-state index in [0.717, 1.165) is 24.3 Å². The summed E-state index contributed by atoms with van der Waals surface area (Å²) < 4.78 is 1.88. The van der Waals surface area contributed by atoms with Crippen LogP contribution in [-0.4, -0.2) is 21.3 Å². The number of hydrogen-bond acceptors (Lipinski definition) is 3. The maximum atomic E-state index is 4.55. The standard InChI is InChI=1S/C15H22N4/c1-5-16-7-12-6-13(9-17-8-12)14-10-19(4)18-15(14)11(2)3/h6,8-11,16H,5,7H2,1-4H3. The van der Waals surface area contributed by atoms with Crippen molar-refractivity contribution >= 4 is 0 Å². The molecule has 2 aromatic rings. The van der Waals surface area contributed by atoms with Crippen molar-refractivity contribution in [1.82, 2.24) is 20.1 Å². The highest BCUT2D eigenvalue weighted by Gasteiger charge is 2.13. The molecule has 19 heavy (non-hydrogen) atoms. The van der Waals surface area contributed by atoms with Crippen molar-refractivity contribution in [1.29, 1.82) is 0 Å². The van der Waals surface area contributed by atoms with Gasteiger partial charge in [0.25, 0.3) is 0 Å². The third-order valence-corrected chi connectivity index (χ3v) is 3.09. The van der Waals surface area contributed by atoms with Gasteiger partial charge in [-0.15, -0.1) is 0 Å². The average molecular weight is 258 g/mol. The first-order valence-corrected chi connectivity index (χ1v) is 6.80. The van der Waals surface area contributed by atoms with Crippen molar-refractivity contribution in [2.24, 2.45) is 7.05 Å². The van der Waals surface area contributed by atoms with Crippen LogP contribution in [0.2, 0.25) is 0 Å². The van der Waals surface area contributed by atoms with Crippen molar-refractivity contribution in [2.75, 3.05) is 6.54 Å². The molecule has 2 rings (SSSR count). The molecule has 0 radical (unpaired) electrons. The summed E-state index contributed by atoms with van der Waals surface area (Å²) in [4.78, 5) is 4.35. The monoisotopic (exact) mass is 258 g/mol. The Morgan fingerprint density at radius 2 is 2.11 bits per heavy atom. The Morgan fingerprint density at radius 3 is 2.79 bits per heavy atom. The summed E-state index contributed by atoms with van der Waals surface area (Å²) in [6.45, 7) is 8.27. The highest BCUT2D eigenvalue weighted by Crippen LogP contribution is 2.27. The minimum Gasteiger partial charge on any atom is -0.313 e. The van der Waals surface area contributed by atoms with Crippen molar-refractivity contribution in [3.63, 3.8) is 0 Å². The highest BCUT2D eigenvalue weighted by atomic mass is 15.3. The van der Waals surface area contributed by atoms with E-state index < -0.39 is 0 Å². The third-order valence-electron chi connectivity index (χ3n) is 3.09. The average Bonchev–Trinajstić information content (AvgIpc) is 2.79. The van der Waals surface area contributed by atoms with Gasteiger partial charge >= 0.3 is 0 Å². The van der Waals surface area contributed by atoms with Crippen molar-refractivity contribution in [3.8, 4) is 11.1 Å². The summed E-state index contributed by atoms with van der Waals surface area (Å²) in [5, 5.41) is 7.88. The Bertz CT molecular complexity index is 543. The van der Waals surface area contributed by atoms with Crippen molar-refractivity contribution in [3.05, 3.63) is 35.9 Å². The van der Waals surface area contributed by atoms with Crippen LogP contribution in [-0.2, 0) is 13.6 Å². The van der Waals surface area contributed by atoms with Crippen LogP contribution in [0.15, 0.2) is 24.7 Å². The van der Waals surface area contributed by atoms with Gasteiger partial charge in [-0.05, 0) is 24.1 Å². The first kappa shape index (κ1) is 13.7. The number of nitrogens with one attached hydrogen (secondary N) is 1. The fraction of sp³-hybridized carbons (Fsp3) is 0.467. The van der Waals surface area contributed by atoms with Crippen LogP contribution in [0.1, 0.15) is 37.9 Å². The molecule has 0 bridgehead atoms. The molecule has 0 aliphatic heterocycles.